The van der Waals surface area contributed by atoms with Gasteiger partial charge in [-0.2, -0.15) is 0 Å². The van der Waals surface area contributed by atoms with Crippen LogP contribution in [-0.2, 0) is 11.3 Å². The topological polar surface area (TPSA) is 29.5 Å². The van der Waals surface area contributed by atoms with E-state index in [1.54, 1.807) is 19.1 Å². The van der Waals surface area contributed by atoms with Gasteiger partial charge < -0.3 is 9.64 Å². The second-order valence-electron chi connectivity index (χ2n) is 5.03. The summed E-state index contributed by atoms with van der Waals surface area (Å²) in [5, 5.41) is 0. The number of hydrogen-bond acceptors (Lipinski definition) is 2. The third kappa shape index (κ3) is 3.64. The quantitative estimate of drug-likeness (QED) is 0.769. The maximum atomic E-state index is 12.2. The van der Waals surface area contributed by atoms with E-state index >= 15 is 0 Å². The number of nitrogens with zero attached hydrogens (tertiary/aromatic N) is 1. The van der Waals surface area contributed by atoms with Gasteiger partial charge in [-0.05, 0) is 31.5 Å². The minimum atomic E-state index is -0.533. The molecule has 0 bridgehead atoms. The predicted octanol–water partition coefficient (Wildman–Crippen LogP) is 2.92. The molecule has 4 heteroatoms. The average molecular weight is 270 g/mol. The van der Waals surface area contributed by atoms with Crippen molar-refractivity contribution in [1.82, 2.24) is 4.90 Å². The second kappa shape index (κ2) is 6.10. The van der Waals surface area contributed by atoms with Crippen molar-refractivity contribution in [3.05, 3.63) is 29.8 Å². The third-order valence-electron chi connectivity index (χ3n) is 2.81. The van der Waals surface area contributed by atoms with E-state index in [0.29, 0.717) is 12.4 Å². The van der Waals surface area contributed by atoms with Crippen LogP contribution >= 0.6 is 11.6 Å². The first kappa shape index (κ1) is 14.8. The summed E-state index contributed by atoms with van der Waals surface area (Å²) in [6.07, 6.45) is 0. The van der Waals surface area contributed by atoms with Crippen LogP contribution in [0, 0.1) is 5.41 Å². The van der Waals surface area contributed by atoms with Crippen molar-refractivity contribution in [3.63, 3.8) is 0 Å². The minimum Gasteiger partial charge on any atom is -0.497 e. The van der Waals surface area contributed by atoms with Crippen LogP contribution in [0.5, 0.6) is 5.75 Å². The number of alkyl halides is 1. The zero-order valence-electron chi connectivity index (χ0n) is 11.4. The van der Waals surface area contributed by atoms with Crippen molar-refractivity contribution in [3.8, 4) is 5.75 Å². The van der Waals surface area contributed by atoms with Crippen molar-refractivity contribution in [2.45, 2.75) is 20.4 Å². The maximum absolute atomic E-state index is 12.2. The van der Waals surface area contributed by atoms with Gasteiger partial charge in [0.2, 0.25) is 5.91 Å². The van der Waals surface area contributed by atoms with Gasteiger partial charge in [-0.1, -0.05) is 12.1 Å². The highest BCUT2D eigenvalue weighted by molar-refractivity contribution is 6.19. The molecule has 3 nitrogen and oxygen atoms in total. The Labute approximate surface area is 114 Å². The number of amides is 1. The Kier molecular flexibility index (Phi) is 5.03. The van der Waals surface area contributed by atoms with Crippen LogP contribution in [0.15, 0.2) is 24.3 Å². The molecular weight excluding hydrogens is 250 g/mol. The summed E-state index contributed by atoms with van der Waals surface area (Å²) in [6.45, 7) is 4.26. The summed E-state index contributed by atoms with van der Waals surface area (Å²) in [5.41, 5.74) is 0.505. The molecular formula is C14H20ClNO2. The van der Waals surface area contributed by atoms with Gasteiger partial charge in [0.15, 0.2) is 0 Å². The Balaban J connectivity index is 2.75. The first-order valence-corrected chi connectivity index (χ1v) is 6.38. The highest BCUT2D eigenvalue weighted by Crippen LogP contribution is 2.22. The standard InChI is InChI=1S/C14H20ClNO2/c1-14(2,10-15)13(17)16(3)9-11-6-5-7-12(8-11)18-4/h5-8H,9-10H2,1-4H3. The van der Waals surface area contributed by atoms with E-state index < -0.39 is 5.41 Å². The Bertz CT molecular complexity index is 418. The number of hydrogen-bond donors (Lipinski definition) is 0. The highest BCUT2D eigenvalue weighted by atomic mass is 35.5. The molecule has 0 aliphatic heterocycles. The van der Waals surface area contributed by atoms with E-state index in [2.05, 4.69) is 0 Å². The normalized spacial score (nSPS) is 11.2. The number of carbonyl (C=O) groups excluding carboxylic acids is 1. The number of benzene rings is 1. The molecule has 0 aromatic heterocycles. The van der Waals surface area contributed by atoms with Crippen LogP contribution in [0.2, 0.25) is 0 Å². The summed E-state index contributed by atoms with van der Waals surface area (Å²) >= 11 is 5.82. The molecule has 1 aromatic carbocycles. The van der Waals surface area contributed by atoms with Gasteiger partial charge in [-0.3, -0.25) is 4.79 Å². The molecule has 0 unspecified atom stereocenters. The zero-order valence-corrected chi connectivity index (χ0v) is 12.1. The Morgan fingerprint density at radius 3 is 2.67 bits per heavy atom. The molecule has 0 saturated heterocycles. The van der Waals surface area contributed by atoms with Gasteiger partial charge in [0.25, 0.3) is 0 Å². The van der Waals surface area contributed by atoms with Crippen molar-refractivity contribution in [2.75, 3.05) is 20.0 Å². The number of halogens is 1. The fourth-order valence-electron chi connectivity index (χ4n) is 1.69. The summed E-state index contributed by atoms with van der Waals surface area (Å²) in [7, 11) is 3.42. The fourth-order valence-corrected chi connectivity index (χ4v) is 1.80. The predicted molar refractivity (Wildman–Crippen MR) is 74.0 cm³/mol. The van der Waals surface area contributed by atoms with Crippen LogP contribution < -0.4 is 4.74 Å². The van der Waals surface area contributed by atoms with E-state index in [4.69, 9.17) is 16.3 Å². The smallest absolute Gasteiger partial charge is 0.229 e. The van der Waals surface area contributed by atoms with Gasteiger partial charge >= 0.3 is 0 Å². The molecule has 0 fully saturated rings. The maximum Gasteiger partial charge on any atom is 0.229 e. The lowest BCUT2D eigenvalue weighted by Gasteiger charge is -2.27. The van der Waals surface area contributed by atoms with Gasteiger partial charge in [-0.15, -0.1) is 11.6 Å². The summed E-state index contributed by atoms with van der Waals surface area (Å²) in [4.78, 5) is 13.9. The SMILES string of the molecule is COc1cccc(CN(C)C(=O)C(C)(C)CCl)c1. The second-order valence-corrected chi connectivity index (χ2v) is 5.30. The van der Waals surface area contributed by atoms with Gasteiger partial charge in [0, 0.05) is 19.5 Å². The minimum absolute atomic E-state index is 0.0420. The van der Waals surface area contributed by atoms with Gasteiger partial charge in [-0.25, -0.2) is 0 Å². The first-order chi connectivity index (χ1) is 8.40. The molecule has 1 rings (SSSR count). The molecule has 0 atom stereocenters. The molecule has 0 heterocycles. The molecule has 0 saturated carbocycles. The first-order valence-electron chi connectivity index (χ1n) is 5.85. The van der Waals surface area contributed by atoms with E-state index in [1.807, 2.05) is 38.1 Å². The van der Waals surface area contributed by atoms with Crippen molar-refractivity contribution in [1.29, 1.82) is 0 Å². The van der Waals surface area contributed by atoms with Gasteiger partial charge in [0.1, 0.15) is 5.75 Å². The molecule has 0 radical (unpaired) electrons. The van der Waals surface area contributed by atoms with Crippen LogP contribution in [0.3, 0.4) is 0 Å². The molecule has 18 heavy (non-hydrogen) atoms. The van der Waals surface area contributed by atoms with Crippen molar-refractivity contribution in [2.24, 2.45) is 5.41 Å². The third-order valence-corrected chi connectivity index (χ3v) is 3.48. The fraction of sp³-hybridized carbons (Fsp3) is 0.500. The average Bonchev–Trinajstić information content (AvgIpc) is 2.37. The number of rotatable bonds is 5. The van der Waals surface area contributed by atoms with Crippen molar-refractivity contribution < 1.29 is 9.53 Å². The van der Waals surface area contributed by atoms with Gasteiger partial charge in [0.05, 0.1) is 12.5 Å². The molecule has 0 N–H and O–H groups in total. The largest absolute Gasteiger partial charge is 0.497 e. The van der Waals surface area contributed by atoms with E-state index in [1.165, 1.54) is 0 Å². The highest BCUT2D eigenvalue weighted by Gasteiger charge is 2.29. The molecule has 0 aliphatic carbocycles. The summed E-state index contributed by atoms with van der Waals surface area (Å²) < 4.78 is 5.16. The zero-order chi connectivity index (χ0) is 13.8. The summed E-state index contributed by atoms with van der Waals surface area (Å²) in [6, 6.07) is 7.70. The molecule has 1 amide bonds. The van der Waals surface area contributed by atoms with Crippen molar-refractivity contribution >= 4 is 17.5 Å². The number of methoxy groups -OCH3 is 1. The van der Waals surface area contributed by atoms with Crippen LogP contribution in [0.1, 0.15) is 19.4 Å². The lowest BCUT2D eigenvalue weighted by molar-refractivity contribution is -0.138. The Hall–Kier alpha value is -1.22. The number of carbonyl (C=O) groups is 1. The molecule has 0 spiro atoms. The molecule has 0 aliphatic rings. The van der Waals surface area contributed by atoms with Crippen LogP contribution in [0.25, 0.3) is 0 Å². The Morgan fingerprint density at radius 2 is 2.11 bits per heavy atom. The number of ether oxygens (including phenoxy) is 1. The summed E-state index contributed by atoms with van der Waals surface area (Å²) in [5.74, 6) is 1.15. The molecule has 100 valence electrons. The van der Waals surface area contributed by atoms with Crippen LogP contribution in [-0.4, -0.2) is 30.8 Å². The van der Waals surface area contributed by atoms with E-state index in [9.17, 15) is 4.79 Å². The van der Waals surface area contributed by atoms with E-state index in [-0.39, 0.29) is 5.91 Å². The lowest BCUT2D eigenvalue weighted by atomic mass is 9.94. The Morgan fingerprint density at radius 1 is 1.44 bits per heavy atom. The van der Waals surface area contributed by atoms with Crippen LogP contribution in [0.4, 0.5) is 0 Å². The molecule has 1 aromatic rings. The lowest BCUT2D eigenvalue weighted by Crippen LogP contribution is -2.39. The van der Waals surface area contributed by atoms with E-state index in [0.717, 1.165) is 11.3 Å². The monoisotopic (exact) mass is 269 g/mol.